The van der Waals surface area contributed by atoms with Crippen LogP contribution in [0.4, 0.5) is 20.7 Å². The van der Waals surface area contributed by atoms with Crippen molar-refractivity contribution in [3.8, 4) is 6.07 Å². The van der Waals surface area contributed by atoms with Crippen LogP contribution in [-0.4, -0.2) is 39.8 Å². The fraction of sp³-hybridized carbons (Fsp3) is 0.250. The quantitative estimate of drug-likeness (QED) is 0.577. The van der Waals surface area contributed by atoms with E-state index in [-0.39, 0.29) is 30.6 Å². The van der Waals surface area contributed by atoms with Gasteiger partial charge in [0.2, 0.25) is 0 Å². The first-order valence-corrected chi connectivity index (χ1v) is 10.7. The van der Waals surface area contributed by atoms with Crippen LogP contribution < -0.4 is 11.1 Å². The van der Waals surface area contributed by atoms with E-state index in [2.05, 4.69) is 16.5 Å². The summed E-state index contributed by atoms with van der Waals surface area (Å²) in [6.07, 6.45) is 1.45. The van der Waals surface area contributed by atoms with Gasteiger partial charge in [-0.1, -0.05) is 30.3 Å². The van der Waals surface area contributed by atoms with E-state index < -0.39 is 23.7 Å². The van der Waals surface area contributed by atoms with Gasteiger partial charge in [-0.15, -0.1) is 0 Å². The lowest BCUT2D eigenvalue weighted by molar-refractivity contribution is 0.0731. The standard InChI is InChI=1S/C24H23FN6O3/c25-18-6-8-19(9-7-18)28-23-20(22(27)32)14-31(29-23)21-10-11-30(13-17(21)12-26)24(33)34-15-16-4-2-1-3-5-16/h1-9,14,17,21H,10-11,13,15H2,(H2,27,32)(H,28,29). The molecular formula is C24H23FN6O3. The van der Waals surface area contributed by atoms with Crippen LogP contribution in [0, 0.1) is 23.1 Å². The van der Waals surface area contributed by atoms with E-state index >= 15 is 0 Å². The summed E-state index contributed by atoms with van der Waals surface area (Å²) in [5.74, 6) is -1.44. The third-order valence-corrected chi connectivity index (χ3v) is 5.65. The van der Waals surface area contributed by atoms with Crippen molar-refractivity contribution in [2.45, 2.75) is 19.1 Å². The Balaban J connectivity index is 1.46. The molecule has 2 atom stereocenters. The number of piperidine rings is 1. The van der Waals surface area contributed by atoms with E-state index in [0.29, 0.717) is 18.7 Å². The van der Waals surface area contributed by atoms with Crippen molar-refractivity contribution >= 4 is 23.5 Å². The van der Waals surface area contributed by atoms with Crippen molar-refractivity contribution in [3.63, 3.8) is 0 Å². The van der Waals surface area contributed by atoms with E-state index in [4.69, 9.17) is 10.5 Å². The van der Waals surface area contributed by atoms with Crippen LogP contribution in [0.5, 0.6) is 0 Å². The van der Waals surface area contributed by atoms with Crippen LogP contribution in [0.1, 0.15) is 28.4 Å². The topological polar surface area (TPSA) is 126 Å². The molecule has 0 saturated carbocycles. The molecule has 2 unspecified atom stereocenters. The number of nitriles is 1. The number of nitrogens with zero attached hydrogens (tertiary/aromatic N) is 4. The number of hydrogen-bond acceptors (Lipinski definition) is 6. The largest absolute Gasteiger partial charge is 0.445 e. The summed E-state index contributed by atoms with van der Waals surface area (Å²) in [5.41, 5.74) is 7.07. The summed E-state index contributed by atoms with van der Waals surface area (Å²) in [7, 11) is 0. The number of carbonyl (C=O) groups is 2. The van der Waals surface area contributed by atoms with Gasteiger partial charge in [0.05, 0.1) is 18.0 Å². The smallest absolute Gasteiger partial charge is 0.410 e. The number of amides is 2. The van der Waals surface area contributed by atoms with Crippen molar-refractivity contribution in [2.24, 2.45) is 11.7 Å². The molecule has 2 heterocycles. The lowest BCUT2D eigenvalue weighted by Crippen LogP contribution is -2.44. The number of likely N-dealkylation sites (tertiary alicyclic amines) is 1. The molecule has 0 radical (unpaired) electrons. The van der Waals surface area contributed by atoms with Gasteiger partial charge in [-0.05, 0) is 36.2 Å². The van der Waals surface area contributed by atoms with Gasteiger partial charge in [0.15, 0.2) is 5.82 Å². The zero-order chi connectivity index (χ0) is 24.1. The minimum absolute atomic E-state index is 0.144. The number of carbonyl (C=O) groups excluding carboxylic acids is 2. The van der Waals surface area contributed by atoms with Gasteiger partial charge in [-0.25, -0.2) is 9.18 Å². The molecule has 34 heavy (non-hydrogen) atoms. The van der Waals surface area contributed by atoms with Crippen LogP contribution in [0.3, 0.4) is 0 Å². The van der Waals surface area contributed by atoms with Crippen LogP contribution >= 0.6 is 0 Å². The lowest BCUT2D eigenvalue weighted by atomic mass is 9.94. The average molecular weight is 462 g/mol. The molecule has 1 fully saturated rings. The SMILES string of the molecule is N#CC1CN(C(=O)OCc2ccccc2)CCC1n1cc(C(N)=O)c(Nc2ccc(F)cc2)n1. The monoisotopic (exact) mass is 462 g/mol. The Morgan fingerprint density at radius 2 is 1.94 bits per heavy atom. The molecule has 0 aliphatic carbocycles. The minimum Gasteiger partial charge on any atom is -0.445 e. The number of halogens is 1. The van der Waals surface area contributed by atoms with E-state index in [1.807, 2.05) is 30.3 Å². The molecule has 2 aromatic carbocycles. The molecule has 4 rings (SSSR count). The third kappa shape index (κ3) is 5.15. The first-order valence-electron chi connectivity index (χ1n) is 10.7. The number of primary amides is 1. The normalized spacial score (nSPS) is 17.6. The summed E-state index contributed by atoms with van der Waals surface area (Å²) >= 11 is 0. The van der Waals surface area contributed by atoms with Gasteiger partial charge in [0.1, 0.15) is 18.0 Å². The summed E-state index contributed by atoms with van der Waals surface area (Å²) in [5, 5.41) is 17.2. The van der Waals surface area contributed by atoms with Crippen LogP contribution in [0.15, 0.2) is 60.8 Å². The maximum absolute atomic E-state index is 13.2. The summed E-state index contributed by atoms with van der Waals surface area (Å²) in [4.78, 5) is 26.0. The second-order valence-corrected chi connectivity index (χ2v) is 7.95. The number of nitrogens with one attached hydrogen (secondary N) is 1. The Hall–Kier alpha value is -4.39. The molecule has 0 bridgehead atoms. The number of aromatic nitrogens is 2. The predicted molar refractivity (Wildman–Crippen MR) is 121 cm³/mol. The van der Waals surface area contributed by atoms with Gasteiger partial charge in [0, 0.05) is 25.0 Å². The fourth-order valence-electron chi connectivity index (χ4n) is 3.86. The summed E-state index contributed by atoms with van der Waals surface area (Å²) in [6, 6.07) is 16.8. The van der Waals surface area contributed by atoms with Gasteiger partial charge in [-0.3, -0.25) is 9.48 Å². The predicted octanol–water partition coefficient (Wildman–Crippen LogP) is 3.59. The van der Waals surface area contributed by atoms with Crippen molar-refractivity contribution < 1.29 is 18.7 Å². The molecule has 10 heteroatoms. The highest BCUT2D eigenvalue weighted by molar-refractivity contribution is 5.98. The second-order valence-electron chi connectivity index (χ2n) is 7.95. The van der Waals surface area contributed by atoms with Crippen molar-refractivity contribution in [1.29, 1.82) is 5.26 Å². The van der Waals surface area contributed by atoms with E-state index in [0.717, 1.165) is 5.56 Å². The Bertz CT molecular complexity index is 1210. The molecular weight excluding hydrogens is 439 g/mol. The summed E-state index contributed by atoms with van der Waals surface area (Å²) in [6.45, 7) is 0.681. The van der Waals surface area contributed by atoms with Crippen molar-refractivity contribution in [3.05, 3.63) is 77.7 Å². The molecule has 3 N–H and O–H groups in total. The zero-order valence-electron chi connectivity index (χ0n) is 18.2. The van der Waals surface area contributed by atoms with Crippen LogP contribution in [-0.2, 0) is 11.3 Å². The number of benzene rings is 2. The third-order valence-electron chi connectivity index (χ3n) is 5.65. The average Bonchev–Trinajstić information content (AvgIpc) is 3.28. The first-order chi connectivity index (χ1) is 16.4. The summed E-state index contributed by atoms with van der Waals surface area (Å²) < 4.78 is 20.1. The Morgan fingerprint density at radius 3 is 2.62 bits per heavy atom. The Labute approximate surface area is 195 Å². The number of hydrogen-bond donors (Lipinski definition) is 2. The van der Waals surface area contributed by atoms with Gasteiger partial charge >= 0.3 is 6.09 Å². The number of nitrogens with two attached hydrogens (primary N) is 1. The highest BCUT2D eigenvalue weighted by Crippen LogP contribution is 2.30. The molecule has 1 aliphatic rings. The molecule has 1 aromatic heterocycles. The number of anilines is 2. The van der Waals surface area contributed by atoms with Crippen molar-refractivity contribution in [2.75, 3.05) is 18.4 Å². The number of rotatable bonds is 6. The highest BCUT2D eigenvalue weighted by Gasteiger charge is 2.34. The minimum atomic E-state index is -0.689. The lowest BCUT2D eigenvalue weighted by Gasteiger charge is -2.34. The second kappa shape index (κ2) is 10.0. The molecule has 1 aliphatic heterocycles. The van der Waals surface area contributed by atoms with Gasteiger partial charge < -0.3 is 20.7 Å². The number of ether oxygens (including phenoxy) is 1. The fourth-order valence-corrected chi connectivity index (χ4v) is 3.86. The molecule has 3 aromatic rings. The molecule has 1 saturated heterocycles. The molecule has 2 amide bonds. The van der Waals surface area contributed by atoms with E-state index in [9.17, 15) is 19.2 Å². The zero-order valence-corrected chi connectivity index (χ0v) is 18.2. The van der Waals surface area contributed by atoms with Crippen molar-refractivity contribution in [1.82, 2.24) is 14.7 Å². The van der Waals surface area contributed by atoms with Crippen LogP contribution in [0.2, 0.25) is 0 Å². The Kier molecular flexibility index (Phi) is 6.73. The molecule has 174 valence electrons. The van der Waals surface area contributed by atoms with Crippen LogP contribution in [0.25, 0.3) is 0 Å². The molecule has 9 nitrogen and oxygen atoms in total. The van der Waals surface area contributed by atoms with E-state index in [1.165, 1.54) is 40.0 Å². The maximum Gasteiger partial charge on any atom is 0.410 e. The molecule has 0 spiro atoms. The van der Waals surface area contributed by atoms with Gasteiger partial charge in [-0.2, -0.15) is 10.4 Å². The highest BCUT2D eigenvalue weighted by atomic mass is 19.1. The first kappa shape index (κ1) is 22.8. The Morgan fingerprint density at radius 1 is 1.21 bits per heavy atom. The maximum atomic E-state index is 13.2. The van der Waals surface area contributed by atoms with Gasteiger partial charge in [0.25, 0.3) is 5.91 Å². The van der Waals surface area contributed by atoms with E-state index in [1.54, 1.807) is 0 Å².